The zero-order chi connectivity index (χ0) is 17.6. The van der Waals surface area contributed by atoms with Gasteiger partial charge in [-0.3, -0.25) is 4.99 Å². The molecular weight excluding hydrogens is 431 g/mol. The molecule has 1 aromatic rings. The normalized spacial score (nSPS) is 11.3. The van der Waals surface area contributed by atoms with Gasteiger partial charge in [-0.25, -0.2) is 0 Å². The predicted octanol–water partition coefficient (Wildman–Crippen LogP) is 2.08. The van der Waals surface area contributed by atoms with Crippen LogP contribution >= 0.6 is 24.0 Å². The summed E-state index contributed by atoms with van der Waals surface area (Å²) >= 11 is 0. The van der Waals surface area contributed by atoms with Crippen molar-refractivity contribution in [1.29, 1.82) is 0 Å². The van der Waals surface area contributed by atoms with E-state index in [4.69, 9.17) is 9.47 Å². The Morgan fingerprint density at radius 1 is 1.04 bits per heavy atom. The van der Waals surface area contributed by atoms with Crippen LogP contribution in [-0.2, 0) is 22.6 Å². The summed E-state index contributed by atoms with van der Waals surface area (Å²) in [6.07, 6.45) is 1.05. The van der Waals surface area contributed by atoms with Crippen molar-refractivity contribution in [2.24, 2.45) is 4.99 Å². The maximum atomic E-state index is 5.12. The van der Waals surface area contributed by atoms with E-state index in [-0.39, 0.29) is 24.0 Å². The molecule has 0 fully saturated rings. The van der Waals surface area contributed by atoms with Gasteiger partial charge < -0.3 is 25.0 Å². The van der Waals surface area contributed by atoms with Crippen LogP contribution in [0.3, 0.4) is 0 Å². The Balaban J connectivity index is 0.00000576. The third-order valence-electron chi connectivity index (χ3n) is 3.69. The minimum absolute atomic E-state index is 0. The summed E-state index contributed by atoms with van der Waals surface area (Å²) in [5.74, 6) is 0.821. The SMILES string of the molecule is CN=C(NCCN(C)CCCOC)NCc1ccc(COC)cc1.I. The van der Waals surface area contributed by atoms with E-state index in [1.165, 1.54) is 11.1 Å². The number of methoxy groups -OCH3 is 2. The standard InChI is InChI=1S/C18H32N4O2.HI/c1-19-18(20-10-12-22(2)11-5-13-23-3)21-14-16-6-8-17(9-7-16)15-24-4;/h6-9H,5,10-15H2,1-4H3,(H2,19,20,21);1H. The number of hydrogen-bond acceptors (Lipinski definition) is 4. The highest BCUT2D eigenvalue weighted by atomic mass is 127. The van der Waals surface area contributed by atoms with Gasteiger partial charge in [0.2, 0.25) is 0 Å². The molecule has 6 nitrogen and oxygen atoms in total. The van der Waals surface area contributed by atoms with Gasteiger partial charge in [-0.1, -0.05) is 24.3 Å². The fourth-order valence-electron chi connectivity index (χ4n) is 2.28. The zero-order valence-corrected chi connectivity index (χ0v) is 18.2. The summed E-state index contributed by atoms with van der Waals surface area (Å²) in [5, 5.41) is 6.67. The fraction of sp³-hybridized carbons (Fsp3) is 0.611. The summed E-state index contributed by atoms with van der Waals surface area (Å²) in [6, 6.07) is 8.40. The van der Waals surface area contributed by atoms with Gasteiger partial charge in [-0.2, -0.15) is 0 Å². The number of guanidine groups is 1. The van der Waals surface area contributed by atoms with E-state index in [9.17, 15) is 0 Å². The highest BCUT2D eigenvalue weighted by Crippen LogP contribution is 2.05. The monoisotopic (exact) mass is 464 g/mol. The average Bonchev–Trinajstić information content (AvgIpc) is 2.59. The van der Waals surface area contributed by atoms with Gasteiger partial charge in [0.25, 0.3) is 0 Å². The molecule has 0 aliphatic rings. The molecule has 7 heteroatoms. The third-order valence-corrected chi connectivity index (χ3v) is 3.69. The van der Waals surface area contributed by atoms with Gasteiger partial charge in [0.05, 0.1) is 6.61 Å². The van der Waals surface area contributed by atoms with Crippen molar-refractivity contribution in [1.82, 2.24) is 15.5 Å². The Hall–Kier alpha value is -0.900. The van der Waals surface area contributed by atoms with E-state index >= 15 is 0 Å². The first-order valence-corrected chi connectivity index (χ1v) is 8.38. The van der Waals surface area contributed by atoms with E-state index in [1.807, 2.05) is 0 Å². The zero-order valence-electron chi connectivity index (χ0n) is 15.9. The lowest BCUT2D eigenvalue weighted by molar-refractivity contribution is 0.180. The molecule has 0 aromatic heterocycles. The van der Waals surface area contributed by atoms with Crippen LogP contribution in [0, 0.1) is 0 Å². The smallest absolute Gasteiger partial charge is 0.191 e. The molecule has 1 aromatic carbocycles. The Bertz CT molecular complexity index is 469. The Labute approximate surface area is 169 Å². The van der Waals surface area contributed by atoms with Crippen LogP contribution in [0.5, 0.6) is 0 Å². The second-order valence-electron chi connectivity index (χ2n) is 5.75. The number of hydrogen-bond donors (Lipinski definition) is 2. The van der Waals surface area contributed by atoms with E-state index in [1.54, 1.807) is 21.3 Å². The molecule has 0 bridgehead atoms. The van der Waals surface area contributed by atoms with Crippen LogP contribution in [0.4, 0.5) is 0 Å². The summed E-state index contributed by atoms with van der Waals surface area (Å²) in [7, 11) is 7.36. The second-order valence-corrected chi connectivity index (χ2v) is 5.75. The van der Waals surface area contributed by atoms with Crippen LogP contribution in [0.25, 0.3) is 0 Å². The van der Waals surface area contributed by atoms with Crippen LogP contribution in [0.1, 0.15) is 17.5 Å². The average molecular weight is 464 g/mol. The molecule has 0 radical (unpaired) electrons. The summed E-state index contributed by atoms with van der Waals surface area (Å²) in [4.78, 5) is 6.54. The van der Waals surface area contributed by atoms with Crippen molar-refractivity contribution in [3.8, 4) is 0 Å². The number of halogens is 1. The molecule has 0 unspecified atom stereocenters. The van der Waals surface area contributed by atoms with Gasteiger partial charge in [-0.05, 0) is 24.6 Å². The lowest BCUT2D eigenvalue weighted by atomic mass is 10.1. The first-order chi connectivity index (χ1) is 11.7. The first kappa shape index (κ1) is 24.1. The van der Waals surface area contributed by atoms with E-state index in [0.717, 1.165) is 45.2 Å². The molecule has 0 amide bonds. The minimum atomic E-state index is 0. The molecule has 25 heavy (non-hydrogen) atoms. The van der Waals surface area contributed by atoms with E-state index < -0.39 is 0 Å². The number of benzene rings is 1. The van der Waals surface area contributed by atoms with Crippen molar-refractivity contribution in [2.45, 2.75) is 19.6 Å². The number of nitrogens with zero attached hydrogens (tertiary/aromatic N) is 2. The molecule has 1 rings (SSSR count). The molecular formula is C18H33IN4O2. The summed E-state index contributed by atoms with van der Waals surface area (Å²) in [5.41, 5.74) is 2.40. The minimum Gasteiger partial charge on any atom is -0.385 e. The van der Waals surface area contributed by atoms with Crippen molar-refractivity contribution in [3.63, 3.8) is 0 Å². The summed E-state index contributed by atoms with van der Waals surface area (Å²) < 4.78 is 10.2. The Morgan fingerprint density at radius 2 is 1.72 bits per heavy atom. The molecule has 0 aliphatic heterocycles. The highest BCUT2D eigenvalue weighted by molar-refractivity contribution is 14.0. The van der Waals surface area contributed by atoms with Gasteiger partial charge in [-0.15, -0.1) is 24.0 Å². The van der Waals surface area contributed by atoms with Gasteiger partial charge in [0.1, 0.15) is 0 Å². The maximum Gasteiger partial charge on any atom is 0.191 e. The molecule has 144 valence electrons. The molecule has 2 N–H and O–H groups in total. The number of aliphatic imine (C=N–C) groups is 1. The molecule has 0 spiro atoms. The predicted molar refractivity (Wildman–Crippen MR) is 115 cm³/mol. The lowest BCUT2D eigenvalue weighted by Gasteiger charge is -2.18. The largest absolute Gasteiger partial charge is 0.385 e. The molecule has 0 saturated heterocycles. The van der Waals surface area contributed by atoms with Crippen molar-refractivity contribution in [2.75, 3.05) is 54.6 Å². The highest BCUT2D eigenvalue weighted by Gasteiger charge is 2.01. The topological polar surface area (TPSA) is 58.1 Å². The van der Waals surface area contributed by atoms with E-state index in [2.05, 4.69) is 51.8 Å². The van der Waals surface area contributed by atoms with Crippen LogP contribution in [0.15, 0.2) is 29.3 Å². The Kier molecular flexibility index (Phi) is 14.8. The third kappa shape index (κ3) is 11.4. The van der Waals surface area contributed by atoms with Crippen LogP contribution < -0.4 is 10.6 Å². The molecule has 0 heterocycles. The van der Waals surface area contributed by atoms with Gasteiger partial charge in [0.15, 0.2) is 5.96 Å². The number of ether oxygens (including phenoxy) is 2. The van der Waals surface area contributed by atoms with Crippen LogP contribution in [0.2, 0.25) is 0 Å². The quantitative estimate of drug-likeness (QED) is 0.227. The summed E-state index contributed by atoms with van der Waals surface area (Å²) in [6.45, 7) is 5.07. The first-order valence-electron chi connectivity index (χ1n) is 8.38. The lowest BCUT2D eigenvalue weighted by Crippen LogP contribution is -2.40. The number of nitrogens with one attached hydrogen (secondary N) is 2. The van der Waals surface area contributed by atoms with Crippen LogP contribution in [-0.4, -0.2) is 65.4 Å². The maximum absolute atomic E-state index is 5.12. The van der Waals surface area contributed by atoms with Gasteiger partial charge >= 0.3 is 0 Å². The Morgan fingerprint density at radius 3 is 2.32 bits per heavy atom. The number of rotatable bonds is 11. The van der Waals surface area contributed by atoms with Crippen molar-refractivity contribution < 1.29 is 9.47 Å². The molecule has 0 saturated carbocycles. The number of likely N-dealkylation sites (N-methyl/N-ethyl adjacent to an activating group) is 1. The fourth-order valence-corrected chi connectivity index (χ4v) is 2.28. The van der Waals surface area contributed by atoms with Gasteiger partial charge in [0, 0.05) is 54.1 Å². The molecule has 0 aliphatic carbocycles. The van der Waals surface area contributed by atoms with Crippen molar-refractivity contribution in [3.05, 3.63) is 35.4 Å². The van der Waals surface area contributed by atoms with Crippen molar-refractivity contribution >= 4 is 29.9 Å². The molecule has 0 atom stereocenters. The second kappa shape index (κ2) is 15.4. The van der Waals surface area contributed by atoms with E-state index in [0.29, 0.717) is 6.61 Å².